The van der Waals surface area contributed by atoms with Crippen molar-refractivity contribution >= 4 is 45.6 Å². The van der Waals surface area contributed by atoms with Crippen LogP contribution >= 0.6 is 23.2 Å². The maximum absolute atomic E-state index is 14.0. The maximum Gasteiger partial charge on any atom is 0.433 e. The topological polar surface area (TPSA) is 105 Å². The number of methoxy groups -OCH3 is 1. The van der Waals surface area contributed by atoms with Gasteiger partial charge < -0.3 is 14.8 Å². The number of aryl methyl sites for hydroxylation is 2. The van der Waals surface area contributed by atoms with E-state index in [1.165, 1.54) is 20.2 Å². The quantitative estimate of drug-likeness (QED) is 0.193. The van der Waals surface area contributed by atoms with Crippen LogP contribution in [-0.4, -0.2) is 39.4 Å². The van der Waals surface area contributed by atoms with Crippen LogP contribution in [0.3, 0.4) is 0 Å². The molecule has 0 spiro atoms. The number of nitrogens with one attached hydrogen (secondary N) is 1. The van der Waals surface area contributed by atoms with E-state index in [2.05, 4.69) is 16.4 Å². The number of aromatic nitrogens is 4. The van der Waals surface area contributed by atoms with Crippen molar-refractivity contribution in [2.24, 2.45) is 20.0 Å². The zero-order valence-corrected chi connectivity index (χ0v) is 29.8. The number of rotatable bonds is 5. The van der Waals surface area contributed by atoms with Gasteiger partial charge in [0.25, 0.3) is 11.6 Å². The molecule has 52 heavy (non-hydrogen) atoms. The number of hydrogen-bond acceptors (Lipinski definition) is 7. The zero-order chi connectivity index (χ0) is 36.9. The molecule has 1 saturated heterocycles. The molecule has 1 aliphatic carbocycles. The zero-order valence-electron chi connectivity index (χ0n) is 28.3. The fourth-order valence-electron chi connectivity index (χ4n) is 6.75. The number of alkyl halides is 3. The van der Waals surface area contributed by atoms with Gasteiger partial charge in [0.1, 0.15) is 22.5 Å². The minimum absolute atomic E-state index is 0.108. The Morgan fingerprint density at radius 2 is 1.65 bits per heavy atom. The Bertz CT molecular complexity index is 2430. The second kappa shape index (κ2) is 13.9. The van der Waals surface area contributed by atoms with Crippen molar-refractivity contribution < 1.29 is 22.6 Å². The van der Waals surface area contributed by atoms with Crippen LogP contribution in [0.5, 0.6) is 5.88 Å². The minimum Gasteiger partial charge on any atom is -0.481 e. The normalized spacial score (nSPS) is 16.0. The Balaban J connectivity index is 1.27. The van der Waals surface area contributed by atoms with Crippen molar-refractivity contribution in [2.45, 2.75) is 37.9 Å². The van der Waals surface area contributed by atoms with Gasteiger partial charge in [-0.1, -0.05) is 58.4 Å². The molecule has 0 amide bonds. The summed E-state index contributed by atoms with van der Waals surface area (Å²) in [6.45, 7) is 1.42. The number of hydrogen-bond donors (Lipinski definition) is 1. The first-order valence-corrected chi connectivity index (χ1v) is 17.3. The first-order valence-electron chi connectivity index (χ1n) is 16.5. The van der Waals surface area contributed by atoms with Crippen molar-refractivity contribution in [3.63, 3.8) is 0 Å². The molecule has 0 radical (unpaired) electrons. The Labute approximate surface area is 305 Å². The van der Waals surface area contributed by atoms with Gasteiger partial charge in [0.15, 0.2) is 0 Å². The van der Waals surface area contributed by atoms with E-state index in [1.54, 1.807) is 31.4 Å². The third-order valence-electron chi connectivity index (χ3n) is 9.52. The summed E-state index contributed by atoms with van der Waals surface area (Å²) in [5.41, 5.74) is 1.20. The van der Waals surface area contributed by atoms with Crippen LogP contribution in [0.2, 0.25) is 10.0 Å². The Morgan fingerprint density at radius 3 is 2.37 bits per heavy atom. The molecule has 268 valence electrons. The summed E-state index contributed by atoms with van der Waals surface area (Å²) in [7, 11) is 4.09. The van der Waals surface area contributed by atoms with Crippen molar-refractivity contribution in [2.75, 3.05) is 25.6 Å². The summed E-state index contributed by atoms with van der Waals surface area (Å²) in [6, 6.07) is 16.2. The molecule has 1 atom stereocenters. The molecular weight excluding hydrogens is 720 g/mol. The molecule has 1 aliphatic heterocycles. The maximum atomic E-state index is 14.0. The number of pyridine rings is 2. The molecule has 5 aromatic rings. The molecule has 0 saturated carbocycles. The monoisotopic (exact) mass is 751 g/mol. The van der Waals surface area contributed by atoms with Crippen LogP contribution in [0.4, 0.5) is 24.7 Å². The number of anilines is 2. The molecular formula is C37H32Cl2F3N6O4+. The van der Waals surface area contributed by atoms with E-state index in [-0.39, 0.29) is 33.6 Å². The van der Waals surface area contributed by atoms with Gasteiger partial charge in [-0.05, 0) is 43.0 Å². The Kier molecular flexibility index (Phi) is 9.50. The van der Waals surface area contributed by atoms with E-state index in [1.807, 2.05) is 12.1 Å². The molecule has 0 unspecified atom stereocenters. The van der Waals surface area contributed by atoms with Crippen LogP contribution in [0.1, 0.15) is 42.1 Å². The predicted molar refractivity (Wildman–Crippen MR) is 194 cm³/mol. The number of nitrogens with zero attached hydrogens (tertiary/aromatic N) is 5. The van der Waals surface area contributed by atoms with Gasteiger partial charge in [0.2, 0.25) is 5.88 Å². The van der Waals surface area contributed by atoms with E-state index in [0.717, 1.165) is 45.9 Å². The first kappa shape index (κ1) is 35.5. The average molecular weight is 753 g/mol. The van der Waals surface area contributed by atoms with Crippen LogP contribution in [0.15, 0.2) is 58.1 Å². The summed E-state index contributed by atoms with van der Waals surface area (Å²) < 4.78 is 54.8. The van der Waals surface area contributed by atoms with Gasteiger partial charge in [-0.3, -0.25) is 13.9 Å². The summed E-state index contributed by atoms with van der Waals surface area (Å²) in [4.78, 5) is 39.2. The molecule has 3 aromatic heterocycles. The number of fused-ring (bicyclic) bond motifs is 2. The van der Waals surface area contributed by atoms with Crippen LogP contribution < -0.4 is 21.3 Å². The van der Waals surface area contributed by atoms with Gasteiger partial charge >= 0.3 is 17.9 Å². The van der Waals surface area contributed by atoms with Gasteiger partial charge in [-0.15, -0.1) is 0 Å². The van der Waals surface area contributed by atoms with Crippen LogP contribution in [0.25, 0.3) is 38.1 Å². The first-order chi connectivity index (χ1) is 24.9. The third kappa shape index (κ3) is 6.40. The number of benzene rings is 2. The van der Waals surface area contributed by atoms with Gasteiger partial charge in [0, 0.05) is 50.4 Å². The standard InChI is InChI=1S/C37H31Cl2F3N6O4/c1-47-27-17-28(37(40,41)42)46-33(30(27)35(49)48(2)36(47)50)44-25-9-5-7-22(32(25)39)21-6-4-8-23(31(21)38)26-16-20-10-11-24(29(20)34(45-26)51-3)43-18-19-12-14-52-15-13-19/h4-9,16-17,19,24H,10-15H2,1-3H3/p+1/t24-/m0/s1. The largest absolute Gasteiger partial charge is 0.481 e. The van der Waals surface area contributed by atoms with Crippen LogP contribution in [0, 0.1) is 12.0 Å². The summed E-state index contributed by atoms with van der Waals surface area (Å²) >= 11 is 14.0. The molecule has 15 heteroatoms. The highest BCUT2D eigenvalue weighted by molar-refractivity contribution is 6.39. The lowest BCUT2D eigenvalue weighted by Gasteiger charge is -2.17. The lowest BCUT2D eigenvalue weighted by atomic mass is 9.99. The molecule has 0 bridgehead atoms. The Morgan fingerprint density at radius 1 is 0.962 bits per heavy atom. The van der Waals surface area contributed by atoms with Crippen molar-refractivity contribution in [3.05, 3.63) is 101 Å². The van der Waals surface area contributed by atoms with Gasteiger partial charge in [0.05, 0.1) is 40.0 Å². The highest BCUT2D eigenvalue weighted by atomic mass is 35.5. The third-order valence-corrected chi connectivity index (χ3v) is 10.3. The minimum atomic E-state index is -4.87. The highest BCUT2D eigenvalue weighted by Gasteiger charge is 2.37. The van der Waals surface area contributed by atoms with E-state index in [0.29, 0.717) is 52.6 Å². The second-order valence-electron chi connectivity index (χ2n) is 12.7. The molecule has 1 fully saturated rings. The van der Waals surface area contributed by atoms with E-state index in [9.17, 15) is 22.8 Å². The molecule has 10 nitrogen and oxygen atoms in total. The fourth-order valence-corrected chi connectivity index (χ4v) is 7.35. The second-order valence-corrected chi connectivity index (χ2v) is 13.5. The smallest absolute Gasteiger partial charge is 0.433 e. The van der Waals surface area contributed by atoms with Crippen LogP contribution in [-0.2, 0) is 31.4 Å². The van der Waals surface area contributed by atoms with Crippen molar-refractivity contribution in [1.82, 2.24) is 19.1 Å². The average Bonchev–Trinajstić information content (AvgIpc) is 3.55. The SMILES string of the molecule is COc1nc(-c2cccc(-c3cccc(Nc4nc(C(F)(F)F)cc5c4c(=O)n(C)c(=O)n5C)c3Cl)c2Cl)cc2c1[C@@H]([N+]#CC1CCOCC1)CC2. The molecule has 7 rings (SSSR count). The summed E-state index contributed by atoms with van der Waals surface area (Å²) in [5.74, 6) is 0.311. The van der Waals surface area contributed by atoms with E-state index >= 15 is 0 Å². The molecule has 2 aromatic carbocycles. The molecule has 4 heterocycles. The fraction of sp³-hybridized carbons (Fsp3) is 0.324. The summed E-state index contributed by atoms with van der Waals surface area (Å²) in [5, 5.41) is 3.06. The number of halogens is 5. The van der Waals surface area contributed by atoms with Gasteiger partial charge in [-0.25, -0.2) is 14.8 Å². The van der Waals surface area contributed by atoms with Gasteiger partial charge in [-0.2, -0.15) is 13.2 Å². The molecule has 2 aliphatic rings. The number of ether oxygens (including phenoxy) is 2. The highest BCUT2D eigenvalue weighted by Crippen LogP contribution is 2.45. The lowest BCUT2D eigenvalue weighted by Crippen LogP contribution is -2.37. The van der Waals surface area contributed by atoms with Crippen molar-refractivity contribution in [1.29, 1.82) is 0 Å². The lowest BCUT2D eigenvalue weighted by molar-refractivity contribution is -0.141. The van der Waals surface area contributed by atoms with Crippen molar-refractivity contribution in [3.8, 4) is 34.3 Å². The van der Waals surface area contributed by atoms with E-state index in [4.69, 9.17) is 42.5 Å². The molecule has 1 N–H and O–H groups in total. The predicted octanol–water partition coefficient (Wildman–Crippen LogP) is 8.19. The summed E-state index contributed by atoms with van der Waals surface area (Å²) in [6.07, 6.45) is -1.49. The Hall–Kier alpha value is -4.90. The van der Waals surface area contributed by atoms with E-state index < -0.39 is 28.9 Å².